The van der Waals surface area contributed by atoms with Crippen LogP contribution in [-0.4, -0.2) is 27.9 Å². The fourth-order valence-electron chi connectivity index (χ4n) is 3.30. The lowest BCUT2D eigenvalue weighted by molar-refractivity contribution is -0.123. The molecule has 0 aromatic heterocycles. The van der Waals surface area contributed by atoms with Gasteiger partial charge in [0.15, 0.2) is 0 Å². The molecule has 166 valence electrons. The summed E-state index contributed by atoms with van der Waals surface area (Å²) in [6, 6.07) is 18.6. The Hall–Kier alpha value is -4.46. The van der Waals surface area contributed by atoms with Gasteiger partial charge in [0, 0.05) is 11.1 Å². The van der Waals surface area contributed by atoms with Crippen LogP contribution in [0, 0.1) is 5.82 Å². The molecule has 1 fully saturated rings. The van der Waals surface area contributed by atoms with Crippen LogP contribution in [-0.2, 0) is 17.9 Å². The van der Waals surface area contributed by atoms with Crippen molar-refractivity contribution in [3.8, 4) is 5.75 Å². The second kappa shape index (κ2) is 9.35. The number of urea groups is 1. The number of hydrogen-bond donors (Lipinski definition) is 2. The minimum absolute atomic E-state index is 0.0539. The Morgan fingerprint density at radius 2 is 1.70 bits per heavy atom. The molecule has 1 aliphatic heterocycles. The van der Waals surface area contributed by atoms with Crippen LogP contribution >= 0.6 is 0 Å². The number of carboxylic acid groups (broad SMARTS) is 1. The molecule has 0 atom stereocenters. The van der Waals surface area contributed by atoms with E-state index in [1.165, 1.54) is 36.4 Å². The number of carboxylic acids is 1. The molecule has 1 heterocycles. The summed E-state index contributed by atoms with van der Waals surface area (Å²) in [5.74, 6) is -1.60. The largest absolute Gasteiger partial charge is 0.488 e. The van der Waals surface area contributed by atoms with Gasteiger partial charge >= 0.3 is 12.0 Å². The van der Waals surface area contributed by atoms with Gasteiger partial charge in [-0.3, -0.25) is 9.69 Å². The van der Waals surface area contributed by atoms with E-state index in [-0.39, 0.29) is 30.0 Å². The molecular formula is C25H19FN2O5. The highest BCUT2D eigenvalue weighted by Crippen LogP contribution is 2.24. The number of halogens is 1. The number of para-hydroxylation sites is 1. The lowest BCUT2D eigenvalue weighted by Gasteiger charge is -2.12. The van der Waals surface area contributed by atoms with Gasteiger partial charge in [-0.15, -0.1) is 0 Å². The first-order valence-corrected chi connectivity index (χ1v) is 10.0. The van der Waals surface area contributed by atoms with E-state index < -0.39 is 23.7 Å². The van der Waals surface area contributed by atoms with Gasteiger partial charge < -0.3 is 15.2 Å². The highest BCUT2D eigenvalue weighted by atomic mass is 19.1. The van der Waals surface area contributed by atoms with Gasteiger partial charge in [0.2, 0.25) is 0 Å². The predicted molar refractivity (Wildman–Crippen MR) is 118 cm³/mol. The van der Waals surface area contributed by atoms with Crippen LogP contribution < -0.4 is 10.1 Å². The second-order valence-electron chi connectivity index (χ2n) is 7.30. The molecule has 8 heteroatoms. The lowest BCUT2D eigenvalue weighted by atomic mass is 10.1. The highest BCUT2D eigenvalue weighted by molar-refractivity contribution is 6.14. The zero-order valence-electron chi connectivity index (χ0n) is 17.3. The molecule has 0 radical (unpaired) electrons. The number of aromatic carboxylic acids is 1. The Morgan fingerprint density at radius 1 is 1.00 bits per heavy atom. The minimum atomic E-state index is -1.01. The van der Waals surface area contributed by atoms with Gasteiger partial charge in [-0.05, 0) is 35.9 Å². The SMILES string of the molecule is O=C(O)c1ccc(COc2ccccc2/C=C2/NC(=O)N(Cc3ccccc3F)C2=O)cc1. The number of carbonyl (C=O) groups excluding carboxylic acids is 2. The molecule has 0 unspecified atom stereocenters. The topological polar surface area (TPSA) is 95.9 Å². The lowest BCUT2D eigenvalue weighted by Crippen LogP contribution is -2.30. The standard InChI is InChI=1S/C25H19FN2O5/c26-20-7-3-1-6-19(20)14-28-23(29)21(27-25(28)32)13-18-5-2-4-8-22(18)33-15-16-9-11-17(12-10-16)24(30)31/h1-13H,14-15H2,(H,27,32)(H,30,31)/b21-13+. The van der Waals surface area contributed by atoms with Gasteiger partial charge in [-0.25, -0.2) is 14.0 Å². The molecule has 0 bridgehead atoms. The fourth-order valence-corrected chi connectivity index (χ4v) is 3.30. The van der Waals surface area contributed by atoms with Crippen molar-refractivity contribution in [1.82, 2.24) is 10.2 Å². The second-order valence-corrected chi connectivity index (χ2v) is 7.30. The Morgan fingerprint density at radius 3 is 2.42 bits per heavy atom. The molecule has 0 spiro atoms. The summed E-state index contributed by atoms with van der Waals surface area (Å²) < 4.78 is 19.8. The van der Waals surface area contributed by atoms with Crippen LogP contribution in [0.1, 0.15) is 27.0 Å². The van der Waals surface area contributed by atoms with Gasteiger partial charge in [0.05, 0.1) is 12.1 Å². The number of nitrogens with zero attached hydrogens (tertiary/aromatic N) is 1. The molecule has 7 nitrogen and oxygen atoms in total. The molecule has 3 aromatic rings. The average Bonchev–Trinajstić information content (AvgIpc) is 3.07. The number of ether oxygens (including phenoxy) is 1. The Balaban J connectivity index is 1.50. The van der Waals surface area contributed by atoms with Gasteiger partial charge in [0.25, 0.3) is 5.91 Å². The Bertz CT molecular complexity index is 1250. The van der Waals surface area contributed by atoms with Crippen molar-refractivity contribution in [2.75, 3.05) is 0 Å². The zero-order valence-corrected chi connectivity index (χ0v) is 17.3. The smallest absolute Gasteiger partial charge is 0.335 e. The Kier molecular flexibility index (Phi) is 6.17. The molecule has 4 rings (SSSR count). The van der Waals surface area contributed by atoms with E-state index in [1.807, 2.05) is 0 Å². The van der Waals surface area contributed by atoms with E-state index in [0.717, 1.165) is 10.5 Å². The normalized spacial score (nSPS) is 14.5. The summed E-state index contributed by atoms with van der Waals surface area (Å²) in [5, 5.41) is 11.5. The summed E-state index contributed by atoms with van der Waals surface area (Å²) in [4.78, 5) is 37.0. The first-order chi connectivity index (χ1) is 15.9. The number of hydrogen-bond acceptors (Lipinski definition) is 4. The van der Waals surface area contributed by atoms with Crippen molar-refractivity contribution in [1.29, 1.82) is 0 Å². The molecular weight excluding hydrogens is 427 g/mol. The monoisotopic (exact) mass is 446 g/mol. The van der Waals surface area contributed by atoms with E-state index >= 15 is 0 Å². The average molecular weight is 446 g/mol. The van der Waals surface area contributed by atoms with E-state index in [9.17, 15) is 18.8 Å². The van der Waals surface area contributed by atoms with Crippen LogP contribution in [0.3, 0.4) is 0 Å². The molecule has 33 heavy (non-hydrogen) atoms. The summed E-state index contributed by atoms with van der Waals surface area (Å²) in [7, 11) is 0. The molecule has 3 amide bonds. The summed E-state index contributed by atoms with van der Waals surface area (Å²) in [6.07, 6.45) is 1.50. The Labute approximate surface area is 188 Å². The van der Waals surface area contributed by atoms with Crippen molar-refractivity contribution in [2.24, 2.45) is 0 Å². The summed E-state index contributed by atoms with van der Waals surface area (Å²) in [5.41, 5.74) is 1.80. The van der Waals surface area contributed by atoms with Crippen LogP contribution in [0.5, 0.6) is 5.75 Å². The van der Waals surface area contributed by atoms with Crippen molar-refractivity contribution in [3.63, 3.8) is 0 Å². The molecule has 3 aromatic carbocycles. The van der Waals surface area contributed by atoms with Crippen LogP contribution in [0.25, 0.3) is 6.08 Å². The number of rotatable bonds is 7. The maximum Gasteiger partial charge on any atom is 0.335 e. The minimum Gasteiger partial charge on any atom is -0.488 e. The molecule has 1 saturated heterocycles. The van der Waals surface area contributed by atoms with E-state index in [4.69, 9.17) is 9.84 Å². The maximum absolute atomic E-state index is 14.0. The number of nitrogens with one attached hydrogen (secondary N) is 1. The van der Waals surface area contributed by atoms with Crippen molar-refractivity contribution < 1.29 is 28.6 Å². The zero-order chi connectivity index (χ0) is 23.4. The number of benzene rings is 3. The summed E-state index contributed by atoms with van der Waals surface area (Å²) >= 11 is 0. The highest BCUT2D eigenvalue weighted by Gasteiger charge is 2.34. The van der Waals surface area contributed by atoms with Crippen molar-refractivity contribution >= 4 is 24.0 Å². The summed E-state index contributed by atoms with van der Waals surface area (Å²) in [6.45, 7) is -0.00103. The maximum atomic E-state index is 14.0. The fraction of sp³-hybridized carbons (Fsp3) is 0.0800. The molecule has 0 aliphatic carbocycles. The molecule has 0 saturated carbocycles. The third-order valence-corrected chi connectivity index (χ3v) is 5.06. The quantitative estimate of drug-likeness (QED) is 0.419. The van der Waals surface area contributed by atoms with E-state index in [1.54, 1.807) is 42.5 Å². The van der Waals surface area contributed by atoms with Crippen LogP contribution in [0.15, 0.2) is 78.5 Å². The van der Waals surface area contributed by atoms with Crippen molar-refractivity contribution in [2.45, 2.75) is 13.2 Å². The first kappa shape index (κ1) is 21.8. The third-order valence-electron chi connectivity index (χ3n) is 5.06. The van der Waals surface area contributed by atoms with Gasteiger partial charge in [-0.1, -0.05) is 48.5 Å². The predicted octanol–water partition coefficient (Wildman–Crippen LogP) is 4.20. The van der Waals surface area contributed by atoms with Gasteiger partial charge in [0.1, 0.15) is 23.9 Å². The van der Waals surface area contributed by atoms with E-state index in [2.05, 4.69) is 5.32 Å². The van der Waals surface area contributed by atoms with Crippen molar-refractivity contribution in [3.05, 3.63) is 107 Å². The number of carbonyl (C=O) groups is 3. The van der Waals surface area contributed by atoms with E-state index in [0.29, 0.717) is 11.3 Å². The number of imide groups is 1. The molecule has 2 N–H and O–H groups in total. The third kappa shape index (κ3) is 4.90. The van der Waals surface area contributed by atoms with Gasteiger partial charge in [-0.2, -0.15) is 0 Å². The molecule has 1 aliphatic rings. The van der Waals surface area contributed by atoms with Crippen LogP contribution in [0.2, 0.25) is 0 Å². The van der Waals surface area contributed by atoms with Crippen LogP contribution in [0.4, 0.5) is 9.18 Å². The first-order valence-electron chi connectivity index (χ1n) is 10.0. The number of amides is 3.